The Labute approximate surface area is 183 Å². The second-order valence-electron chi connectivity index (χ2n) is 7.12. The van der Waals surface area contributed by atoms with Crippen LogP contribution in [0.25, 0.3) is 0 Å². The minimum Gasteiger partial charge on any atom is -0.405 e. The molecule has 0 aromatic heterocycles. The summed E-state index contributed by atoms with van der Waals surface area (Å²) in [6.07, 6.45) is -4.89. The molecule has 0 saturated heterocycles. The van der Waals surface area contributed by atoms with Gasteiger partial charge in [0.05, 0.1) is 9.82 Å². The first-order chi connectivity index (χ1) is 14.8. The van der Waals surface area contributed by atoms with Crippen molar-refractivity contribution in [3.63, 3.8) is 0 Å². The molecule has 32 heavy (non-hydrogen) atoms. The Morgan fingerprint density at radius 1 is 1.12 bits per heavy atom. The summed E-state index contributed by atoms with van der Waals surface area (Å²) >= 11 is 0. The van der Waals surface area contributed by atoms with Crippen molar-refractivity contribution >= 4 is 21.4 Å². The van der Waals surface area contributed by atoms with Gasteiger partial charge in [0.2, 0.25) is 10.0 Å². The summed E-state index contributed by atoms with van der Waals surface area (Å²) in [6.45, 7) is 0.391. The second-order valence-corrected chi connectivity index (χ2v) is 8.89. The fourth-order valence-electron chi connectivity index (χ4n) is 2.83. The van der Waals surface area contributed by atoms with Crippen LogP contribution in [-0.2, 0) is 16.6 Å². The number of nitro benzene ring substituents is 1. The molecule has 0 unspecified atom stereocenters. The molecule has 0 amide bonds. The molecule has 176 valence electrons. The molecule has 0 heterocycles. The van der Waals surface area contributed by atoms with Crippen molar-refractivity contribution < 1.29 is 31.2 Å². The van der Waals surface area contributed by atoms with E-state index in [0.29, 0.717) is 6.54 Å². The van der Waals surface area contributed by atoms with Crippen molar-refractivity contribution in [1.29, 1.82) is 0 Å². The number of sulfonamides is 1. The van der Waals surface area contributed by atoms with Crippen LogP contribution in [0.1, 0.15) is 5.56 Å². The molecule has 0 aliphatic heterocycles. The summed E-state index contributed by atoms with van der Waals surface area (Å²) in [5.41, 5.74) is -0.329. The SMILES string of the molecule is CN(C)CCNS(=O)(=O)c1ccc(N(C)Cc2ccccc2OC(F)(F)F)c([N+](=O)[O-])c1. The lowest BCUT2D eigenvalue weighted by molar-refractivity contribution is -0.384. The van der Waals surface area contributed by atoms with Crippen molar-refractivity contribution in [2.24, 2.45) is 0 Å². The number of hydrogen-bond donors (Lipinski definition) is 1. The van der Waals surface area contributed by atoms with Crippen LogP contribution < -0.4 is 14.4 Å². The van der Waals surface area contributed by atoms with E-state index in [2.05, 4.69) is 9.46 Å². The summed E-state index contributed by atoms with van der Waals surface area (Å²) < 4.78 is 69.2. The Bertz CT molecular complexity index is 1060. The van der Waals surface area contributed by atoms with E-state index in [1.54, 1.807) is 19.0 Å². The number of likely N-dealkylation sites (N-methyl/N-ethyl adjacent to an activating group) is 1. The lowest BCUT2D eigenvalue weighted by Gasteiger charge is -2.21. The molecule has 9 nitrogen and oxygen atoms in total. The average molecular weight is 476 g/mol. The summed E-state index contributed by atoms with van der Waals surface area (Å²) in [7, 11) is 0.987. The summed E-state index contributed by atoms with van der Waals surface area (Å²) in [5.74, 6) is -0.432. The van der Waals surface area contributed by atoms with Gasteiger partial charge in [0.25, 0.3) is 5.69 Å². The van der Waals surface area contributed by atoms with E-state index in [4.69, 9.17) is 0 Å². The largest absolute Gasteiger partial charge is 0.573 e. The topological polar surface area (TPSA) is 105 Å². The van der Waals surface area contributed by atoms with Gasteiger partial charge in [-0.15, -0.1) is 13.2 Å². The van der Waals surface area contributed by atoms with Crippen LogP contribution in [-0.4, -0.2) is 58.8 Å². The van der Waals surface area contributed by atoms with Crippen molar-refractivity contribution in [3.05, 3.63) is 58.1 Å². The van der Waals surface area contributed by atoms with Gasteiger partial charge >= 0.3 is 6.36 Å². The molecular weight excluding hydrogens is 453 g/mol. The number of rotatable bonds is 10. The Kier molecular flexibility index (Phi) is 8.04. The normalized spacial score (nSPS) is 12.1. The molecule has 13 heteroatoms. The zero-order valence-corrected chi connectivity index (χ0v) is 18.4. The number of halogens is 3. The van der Waals surface area contributed by atoms with Crippen LogP contribution in [0.2, 0.25) is 0 Å². The van der Waals surface area contributed by atoms with Gasteiger partial charge in [-0.3, -0.25) is 10.1 Å². The summed E-state index contributed by atoms with van der Waals surface area (Å²) in [5, 5.41) is 11.6. The molecule has 2 aromatic carbocycles. The standard InChI is InChI=1S/C19H23F3N4O5S/c1-24(2)11-10-23-32(29,30)15-8-9-16(17(12-15)26(27)28)25(3)13-14-6-4-5-7-18(14)31-19(20,21)22/h4-9,12,23H,10-11,13H2,1-3H3. The Morgan fingerprint density at radius 2 is 1.78 bits per heavy atom. The van der Waals surface area contributed by atoms with Gasteiger partial charge in [-0.05, 0) is 32.3 Å². The highest BCUT2D eigenvalue weighted by Crippen LogP contribution is 2.33. The third-order valence-corrected chi connectivity index (χ3v) is 5.78. The van der Waals surface area contributed by atoms with Crippen LogP contribution in [0.3, 0.4) is 0 Å². The van der Waals surface area contributed by atoms with Gasteiger partial charge < -0.3 is 14.5 Å². The zero-order valence-electron chi connectivity index (χ0n) is 17.6. The number of hydrogen-bond acceptors (Lipinski definition) is 7. The van der Waals surface area contributed by atoms with Gasteiger partial charge in [-0.2, -0.15) is 0 Å². The van der Waals surface area contributed by atoms with Crippen molar-refractivity contribution in [2.75, 3.05) is 39.1 Å². The minimum absolute atomic E-state index is 0.0315. The van der Waals surface area contributed by atoms with Gasteiger partial charge in [0, 0.05) is 38.3 Å². The Hall–Kier alpha value is -2.90. The van der Waals surface area contributed by atoms with Crippen molar-refractivity contribution in [1.82, 2.24) is 9.62 Å². The molecule has 0 saturated carbocycles. The number of benzene rings is 2. The number of ether oxygens (including phenoxy) is 1. The third kappa shape index (κ3) is 7.07. The molecule has 0 aliphatic rings. The van der Waals surface area contributed by atoms with Gasteiger partial charge in [0.1, 0.15) is 11.4 Å². The maximum Gasteiger partial charge on any atom is 0.573 e. The van der Waals surface area contributed by atoms with Crippen molar-refractivity contribution in [3.8, 4) is 5.75 Å². The molecule has 0 aliphatic carbocycles. The molecule has 2 rings (SSSR count). The van der Waals surface area contributed by atoms with E-state index < -0.39 is 32.7 Å². The molecule has 1 N–H and O–H groups in total. The van der Waals surface area contributed by atoms with Crippen LogP contribution in [0.4, 0.5) is 24.5 Å². The van der Waals surface area contributed by atoms with E-state index in [1.807, 2.05) is 0 Å². The monoisotopic (exact) mass is 476 g/mol. The summed E-state index contributed by atoms with van der Waals surface area (Å²) in [4.78, 5) is 13.7. The van der Waals surface area contributed by atoms with Crippen LogP contribution in [0.5, 0.6) is 5.75 Å². The zero-order chi connectivity index (χ0) is 24.1. The van der Waals surface area contributed by atoms with Crippen LogP contribution in [0.15, 0.2) is 47.4 Å². The smallest absolute Gasteiger partial charge is 0.405 e. The molecule has 0 radical (unpaired) electrons. The molecule has 0 fully saturated rings. The predicted molar refractivity (Wildman–Crippen MR) is 112 cm³/mol. The van der Waals surface area contributed by atoms with E-state index >= 15 is 0 Å². The highest BCUT2D eigenvalue weighted by Gasteiger charge is 2.32. The first kappa shape index (κ1) is 25.4. The number of alkyl halides is 3. The number of nitrogens with zero attached hydrogens (tertiary/aromatic N) is 3. The van der Waals surface area contributed by atoms with Gasteiger partial charge in [-0.25, -0.2) is 13.1 Å². The number of anilines is 1. The first-order valence-electron chi connectivity index (χ1n) is 9.28. The molecule has 0 spiro atoms. The third-order valence-electron chi connectivity index (χ3n) is 4.32. The Balaban J connectivity index is 2.32. The second kappa shape index (κ2) is 10.1. The number of nitro groups is 1. The predicted octanol–water partition coefficient (Wildman–Crippen LogP) is 2.97. The maximum absolute atomic E-state index is 12.6. The lowest BCUT2D eigenvalue weighted by atomic mass is 10.1. The molecule has 2 aromatic rings. The minimum atomic E-state index is -4.89. The van der Waals surface area contributed by atoms with Crippen molar-refractivity contribution in [2.45, 2.75) is 17.8 Å². The average Bonchev–Trinajstić information content (AvgIpc) is 2.67. The van der Waals surface area contributed by atoms with E-state index in [9.17, 15) is 31.7 Å². The van der Waals surface area contributed by atoms with Crippen LogP contribution in [0, 0.1) is 10.1 Å². The maximum atomic E-state index is 12.6. The molecule has 0 atom stereocenters. The first-order valence-corrected chi connectivity index (χ1v) is 10.8. The van der Waals surface area contributed by atoms with Crippen LogP contribution >= 0.6 is 0 Å². The number of para-hydroxylation sites is 1. The fraction of sp³-hybridized carbons (Fsp3) is 0.368. The molecular formula is C19H23F3N4O5S. The lowest BCUT2D eigenvalue weighted by Crippen LogP contribution is -2.31. The van der Waals surface area contributed by atoms with Gasteiger partial charge in [-0.1, -0.05) is 18.2 Å². The summed E-state index contributed by atoms with van der Waals surface area (Å²) in [6, 6.07) is 8.78. The number of nitrogens with one attached hydrogen (secondary N) is 1. The fourth-order valence-corrected chi connectivity index (χ4v) is 3.87. The van der Waals surface area contributed by atoms with E-state index in [-0.39, 0.29) is 29.2 Å². The highest BCUT2D eigenvalue weighted by molar-refractivity contribution is 7.89. The quantitative estimate of drug-likeness (QED) is 0.415. The molecule has 0 bridgehead atoms. The highest BCUT2D eigenvalue weighted by atomic mass is 32.2. The Morgan fingerprint density at radius 3 is 2.38 bits per heavy atom. The van der Waals surface area contributed by atoms with E-state index in [0.717, 1.165) is 12.1 Å². The van der Waals surface area contributed by atoms with E-state index in [1.165, 1.54) is 42.3 Å². The van der Waals surface area contributed by atoms with Gasteiger partial charge in [0.15, 0.2) is 0 Å².